The van der Waals surface area contributed by atoms with Crippen LogP contribution >= 0.6 is 0 Å². The highest BCUT2D eigenvalue weighted by Crippen LogP contribution is 2.20. The maximum atomic E-state index is 13.2. The number of carbonyl (C=O) groups is 2. The van der Waals surface area contributed by atoms with Gasteiger partial charge in [0.15, 0.2) is 6.61 Å². The molecule has 0 aliphatic carbocycles. The molecule has 0 unspecified atom stereocenters. The maximum absolute atomic E-state index is 13.2. The first-order valence-electron chi connectivity index (χ1n) is 10.6. The molecule has 0 spiro atoms. The minimum absolute atomic E-state index is 0.00973. The van der Waals surface area contributed by atoms with Crippen molar-refractivity contribution in [3.05, 3.63) is 78.1 Å². The number of benzene rings is 2. The number of likely N-dealkylation sites (tertiary alicyclic amines) is 1. The molecule has 1 aromatic heterocycles. The van der Waals surface area contributed by atoms with Crippen molar-refractivity contribution in [1.29, 1.82) is 0 Å². The van der Waals surface area contributed by atoms with E-state index in [-0.39, 0.29) is 6.03 Å². The van der Waals surface area contributed by atoms with Gasteiger partial charge in [0.1, 0.15) is 5.75 Å². The lowest BCUT2D eigenvalue weighted by Gasteiger charge is -2.28. The number of carboxylic acid groups (broad SMARTS) is 1. The van der Waals surface area contributed by atoms with Crippen molar-refractivity contribution in [3.8, 4) is 11.4 Å². The fourth-order valence-electron chi connectivity index (χ4n) is 3.79. The highest BCUT2D eigenvalue weighted by Gasteiger charge is 2.24. The molecule has 0 atom stereocenters. The van der Waals surface area contributed by atoms with E-state index in [2.05, 4.69) is 5.10 Å². The SMILES string of the molecule is O=C(O)COc1cccc(CN(Cc2ccc(-n3cccn3)cc2)C(=O)N2CCCC2)c1. The van der Waals surface area contributed by atoms with Crippen LogP contribution in [0.3, 0.4) is 0 Å². The number of carboxylic acids is 1. The van der Waals surface area contributed by atoms with E-state index in [1.807, 2.05) is 58.5 Å². The molecule has 2 amide bonds. The molecule has 0 radical (unpaired) electrons. The zero-order valence-corrected chi connectivity index (χ0v) is 17.8. The molecule has 1 aliphatic rings. The predicted molar refractivity (Wildman–Crippen MR) is 119 cm³/mol. The topological polar surface area (TPSA) is 87.9 Å². The van der Waals surface area contributed by atoms with Gasteiger partial charge in [0.2, 0.25) is 0 Å². The average Bonchev–Trinajstić information content (AvgIpc) is 3.52. The second-order valence-electron chi connectivity index (χ2n) is 7.78. The van der Waals surface area contributed by atoms with Gasteiger partial charge in [-0.3, -0.25) is 0 Å². The quantitative estimate of drug-likeness (QED) is 0.586. The second-order valence-corrected chi connectivity index (χ2v) is 7.78. The summed E-state index contributed by atoms with van der Waals surface area (Å²) in [5, 5.41) is 13.1. The van der Waals surface area contributed by atoms with E-state index < -0.39 is 12.6 Å². The third-order valence-corrected chi connectivity index (χ3v) is 5.36. The summed E-state index contributed by atoms with van der Waals surface area (Å²) < 4.78 is 7.09. The molecular formula is C24H26N4O4. The van der Waals surface area contributed by atoms with E-state index in [4.69, 9.17) is 9.84 Å². The maximum Gasteiger partial charge on any atom is 0.341 e. The summed E-state index contributed by atoms with van der Waals surface area (Å²) in [7, 11) is 0. The molecule has 1 aliphatic heterocycles. The van der Waals surface area contributed by atoms with Crippen molar-refractivity contribution < 1.29 is 19.4 Å². The number of aliphatic carboxylic acids is 1. The van der Waals surface area contributed by atoms with Gasteiger partial charge in [-0.1, -0.05) is 24.3 Å². The number of ether oxygens (including phenoxy) is 1. The van der Waals surface area contributed by atoms with Crippen LogP contribution in [0.25, 0.3) is 5.69 Å². The summed E-state index contributed by atoms with van der Waals surface area (Å²) >= 11 is 0. The van der Waals surface area contributed by atoms with E-state index in [9.17, 15) is 9.59 Å². The van der Waals surface area contributed by atoms with Crippen molar-refractivity contribution in [1.82, 2.24) is 19.6 Å². The van der Waals surface area contributed by atoms with Crippen LogP contribution < -0.4 is 4.74 Å². The minimum Gasteiger partial charge on any atom is -0.482 e. The summed E-state index contributed by atoms with van der Waals surface area (Å²) in [6, 6.07) is 17.1. The summed E-state index contributed by atoms with van der Waals surface area (Å²) in [5.74, 6) is -0.554. The molecule has 2 aromatic carbocycles. The molecular weight excluding hydrogens is 408 g/mol. The molecule has 0 saturated carbocycles. The smallest absolute Gasteiger partial charge is 0.341 e. The lowest BCUT2D eigenvalue weighted by molar-refractivity contribution is -0.139. The van der Waals surface area contributed by atoms with E-state index >= 15 is 0 Å². The fourth-order valence-corrected chi connectivity index (χ4v) is 3.79. The van der Waals surface area contributed by atoms with Crippen LogP contribution in [0.15, 0.2) is 67.0 Å². The monoisotopic (exact) mass is 434 g/mol. The van der Waals surface area contributed by atoms with Gasteiger partial charge >= 0.3 is 12.0 Å². The number of aromatic nitrogens is 2. The number of rotatable bonds is 8. The Balaban J connectivity index is 1.50. The van der Waals surface area contributed by atoms with E-state index in [1.54, 1.807) is 23.0 Å². The van der Waals surface area contributed by atoms with E-state index in [0.29, 0.717) is 18.8 Å². The van der Waals surface area contributed by atoms with Crippen molar-refractivity contribution in [2.75, 3.05) is 19.7 Å². The van der Waals surface area contributed by atoms with Crippen molar-refractivity contribution in [2.45, 2.75) is 25.9 Å². The van der Waals surface area contributed by atoms with Crippen molar-refractivity contribution >= 4 is 12.0 Å². The molecule has 32 heavy (non-hydrogen) atoms. The zero-order chi connectivity index (χ0) is 22.3. The molecule has 8 heteroatoms. The van der Waals surface area contributed by atoms with Crippen LogP contribution in [-0.4, -0.2) is 56.4 Å². The third kappa shape index (κ3) is 5.46. The predicted octanol–water partition coefficient (Wildman–Crippen LogP) is 3.55. The Hall–Kier alpha value is -3.81. The molecule has 1 fully saturated rings. The van der Waals surface area contributed by atoms with E-state index in [1.165, 1.54) is 0 Å². The van der Waals surface area contributed by atoms with Crippen LogP contribution in [0.5, 0.6) is 5.75 Å². The number of carbonyl (C=O) groups excluding carboxylic acids is 1. The summed E-state index contributed by atoms with van der Waals surface area (Å²) in [5.41, 5.74) is 2.86. The number of hydrogen-bond acceptors (Lipinski definition) is 4. The van der Waals surface area contributed by atoms with Gasteiger partial charge in [-0.15, -0.1) is 0 Å². The Kier molecular flexibility index (Phi) is 6.69. The van der Waals surface area contributed by atoms with Gasteiger partial charge < -0.3 is 19.6 Å². The number of nitrogens with zero attached hydrogens (tertiary/aromatic N) is 4. The largest absolute Gasteiger partial charge is 0.482 e. The fraction of sp³-hybridized carbons (Fsp3) is 0.292. The lowest BCUT2D eigenvalue weighted by Crippen LogP contribution is -2.41. The summed E-state index contributed by atoms with van der Waals surface area (Å²) in [6.45, 7) is 2.02. The van der Waals surface area contributed by atoms with Gasteiger partial charge in [-0.2, -0.15) is 5.10 Å². The Morgan fingerprint density at radius 2 is 1.75 bits per heavy atom. The van der Waals surface area contributed by atoms with Crippen molar-refractivity contribution in [2.24, 2.45) is 0 Å². The van der Waals surface area contributed by atoms with Crippen LogP contribution in [0.2, 0.25) is 0 Å². The van der Waals surface area contributed by atoms with E-state index in [0.717, 1.165) is 42.7 Å². The minimum atomic E-state index is -1.03. The van der Waals surface area contributed by atoms with Crippen LogP contribution in [-0.2, 0) is 17.9 Å². The average molecular weight is 434 g/mol. The van der Waals surface area contributed by atoms with Crippen LogP contribution in [0.1, 0.15) is 24.0 Å². The summed E-state index contributed by atoms with van der Waals surface area (Å²) in [4.78, 5) is 27.7. The molecule has 0 bridgehead atoms. The molecule has 2 heterocycles. The number of urea groups is 1. The van der Waals surface area contributed by atoms with Gasteiger partial charge in [0.05, 0.1) is 5.69 Å². The molecule has 1 saturated heterocycles. The van der Waals surface area contributed by atoms with Gasteiger partial charge in [0, 0.05) is 38.6 Å². The number of amides is 2. The standard InChI is InChI=1S/C24H26N4O4/c29-23(30)18-32-22-6-3-5-20(15-22)17-27(24(31)26-12-1-2-13-26)16-19-7-9-21(10-8-19)28-14-4-11-25-28/h3-11,14-15H,1-2,12-13,16-18H2,(H,29,30). The molecule has 4 rings (SSSR count). The number of hydrogen-bond donors (Lipinski definition) is 1. The third-order valence-electron chi connectivity index (χ3n) is 5.36. The van der Waals surface area contributed by atoms with Gasteiger partial charge in [-0.25, -0.2) is 14.3 Å². The van der Waals surface area contributed by atoms with Crippen LogP contribution in [0, 0.1) is 0 Å². The zero-order valence-electron chi connectivity index (χ0n) is 17.8. The first kappa shape index (κ1) is 21.4. The summed E-state index contributed by atoms with van der Waals surface area (Å²) in [6.07, 6.45) is 5.67. The highest BCUT2D eigenvalue weighted by atomic mass is 16.5. The molecule has 3 aromatic rings. The highest BCUT2D eigenvalue weighted by molar-refractivity contribution is 5.74. The Bertz CT molecular complexity index is 1040. The normalized spacial score (nSPS) is 13.2. The Labute approximate surface area is 186 Å². The van der Waals surface area contributed by atoms with Gasteiger partial charge in [0.25, 0.3) is 0 Å². The van der Waals surface area contributed by atoms with Crippen molar-refractivity contribution in [3.63, 3.8) is 0 Å². The molecule has 166 valence electrons. The molecule has 8 nitrogen and oxygen atoms in total. The lowest BCUT2D eigenvalue weighted by atomic mass is 10.1. The molecule has 1 N–H and O–H groups in total. The first-order chi connectivity index (χ1) is 15.6. The Morgan fingerprint density at radius 1 is 1.00 bits per heavy atom. The van der Waals surface area contributed by atoms with Crippen LogP contribution in [0.4, 0.5) is 4.79 Å². The Morgan fingerprint density at radius 3 is 2.44 bits per heavy atom. The van der Waals surface area contributed by atoms with Gasteiger partial charge in [-0.05, 0) is 54.3 Å². The second kappa shape index (κ2) is 10.00. The first-order valence-corrected chi connectivity index (χ1v) is 10.6.